The lowest BCUT2D eigenvalue weighted by Gasteiger charge is -2.14. The molecule has 0 bridgehead atoms. The molecular formula is C11H10BrNO2. The number of hydrogen-bond acceptors (Lipinski definition) is 2. The average molecular weight is 268 g/mol. The minimum Gasteiger partial charge on any atom is -0.480 e. The maximum atomic E-state index is 10.8. The van der Waals surface area contributed by atoms with E-state index in [-0.39, 0.29) is 5.92 Å². The molecule has 0 heterocycles. The van der Waals surface area contributed by atoms with Gasteiger partial charge in [-0.05, 0) is 17.7 Å². The van der Waals surface area contributed by atoms with Gasteiger partial charge in [-0.1, -0.05) is 35.0 Å². The van der Waals surface area contributed by atoms with E-state index in [0.29, 0.717) is 0 Å². The highest BCUT2D eigenvalue weighted by Crippen LogP contribution is 2.25. The van der Waals surface area contributed by atoms with Gasteiger partial charge in [0.25, 0.3) is 0 Å². The second kappa shape index (κ2) is 4.94. The van der Waals surface area contributed by atoms with Gasteiger partial charge in [0.1, 0.15) is 5.92 Å². The zero-order chi connectivity index (χ0) is 11.4. The first-order chi connectivity index (χ1) is 7.06. The van der Waals surface area contributed by atoms with Crippen LogP contribution in [0.3, 0.4) is 0 Å². The van der Waals surface area contributed by atoms with E-state index in [1.807, 2.05) is 24.3 Å². The van der Waals surface area contributed by atoms with Crippen LogP contribution < -0.4 is 0 Å². The first kappa shape index (κ1) is 11.7. The summed E-state index contributed by atoms with van der Waals surface area (Å²) < 4.78 is 0.933. The van der Waals surface area contributed by atoms with Gasteiger partial charge < -0.3 is 5.11 Å². The molecule has 78 valence electrons. The Kier molecular flexibility index (Phi) is 3.87. The lowest BCUT2D eigenvalue weighted by molar-refractivity contribution is -0.140. The standard InChI is InChI=1S/C11H10BrNO2/c1-7(10(6-13)11(14)15)8-2-4-9(12)5-3-8/h2-5,7,10H,1H3,(H,14,15). The Morgan fingerprint density at radius 1 is 1.47 bits per heavy atom. The van der Waals surface area contributed by atoms with E-state index >= 15 is 0 Å². The SMILES string of the molecule is CC(c1ccc(Br)cc1)C(C#N)C(=O)O. The highest BCUT2D eigenvalue weighted by atomic mass is 79.9. The van der Waals surface area contributed by atoms with Gasteiger partial charge in [-0.15, -0.1) is 0 Å². The number of nitrogens with zero attached hydrogens (tertiary/aromatic N) is 1. The lowest BCUT2D eigenvalue weighted by Crippen LogP contribution is -2.18. The molecule has 1 rings (SSSR count). The molecule has 4 heteroatoms. The highest BCUT2D eigenvalue weighted by molar-refractivity contribution is 9.10. The van der Waals surface area contributed by atoms with Crippen LogP contribution in [0, 0.1) is 17.2 Å². The van der Waals surface area contributed by atoms with Gasteiger partial charge in [0.15, 0.2) is 0 Å². The Labute approximate surface area is 96.5 Å². The summed E-state index contributed by atoms with van der Waals surface area (Å²) in [7, 11) is 0. The third-order valence-electron chi connectivity index (χ3n) is 2.30. The number of halogens is 1. The van der Waals surface area contributed by atoms with Gasteiger partial charge in [0.05, 0.1) is 6.07 Å². The Morgan fingerprint density at radius 2 is 2.00 bits per heavy atom. The lowest BCUT2D eigenvalue weighted by atomic mass is 9.89. The second-order valence-corrected chi connectivity index (χ2v) is 4.20. The van der Waals surface area contributed by atoms with Crippen molar-refractivity contribution in [3.8, 4) is 6.07 Å². The van der Waals surface area contributed by atoms with Gasteiger partial charge in [-0.25, -0.2) is 0 Å². The number of benzene rings is 1. The zero-order valence-electron chi connectivity index (χ0n) is 8.14. The van der Waals surface area contributed by atoms with Crippen molar-refractivity contribution in [2.75, 3.05) is 0 Å². The summed E-state index contributed by atoms with van der Waals surface area (Å²) in [6.45, 7) is 1.74. The predicted octanol–water partition coefficient (Wildman–Crippen LogP) is 2.78. The summed E-state index contributed by atoms with van der Waals surface area (Å²) in [5.74, 6) is -2.38. The normalized spacial score (nSPS) is 13.9. The van der Waals surface area contributed by atoms with Crippen LogP contribution in [0.25, 0.3) is 0 Å². The molecule has 1 aromatic rings. The number of nitriles is 1. The van der Waals surface area contributed by atoms with E-state index in [1.54, 1.807) is 13.0 Å². The minimum absolute atomic E-state index is 0.305. The number of hydrogen-bond donors (Lipinski definition) is 1. The molecule has 0 aromatic heterocycles. The van der Waals surface area contributed by atoms with Gasteiger partial charge in [-0.2, -0.15) is 5.26 Å². The number of carboxylic acid groups (broad SMARTS) is 1. The minimum atomic E-state index is -1.08. The monoisotopic (exact) mass is 267 g/mol. The van der Waals surface area contributed by atoms with Gasteiger partial charge >= 0.3 is 5.97 Å². The number of rotatable bonds is 3. The maximum absolute atomic E-state index is 10.8. The third-order valence-corrected chi connectivity index (χ3v) is 2.83. The van der Waals surface area contributed by atoms with Crippen molar-refractivity contribution >= 4 is 21.9 Å². The topological polar surface area (TPSA) is 61.1 Å². The molecule has 0 saturated carbocycles. The smallest absolute Gasteiger partial charge is 0.321 e. The number of carbonyl (C=O) groups is 1. The molecule has 0 aliphatic heterocycles. The highest BCUT2D eigenvalue weighted by Gasteiger charge is 2.25. The molecule has 1 N–H and O–H groups in total. The summed E-state index contributed by atoms with van der Waals surface area (Å²) in [6, 6.07) is 9.12. The van der Waals surface area contributed by atoms with Crippen molar-refractivity contribution in [3.63, 3.8) is 0 Å². The van der Waals surface area contributed by atoms with E-state index in [0.717, 1.165) is 10.0 Å². The van der Waals surface area contributed by atoms with Crippen LogP contribution >= 0.6 is 15.9 Å². The molecule has 0 fully saturated rings. The van der Waals surface area contributed by atoms with Crippen molar-refractivity contribution in [3.05, 3.63) is 34.3 Å². The molecule has 3 nitrogen and oxygen atoms in total. The summed E-state index contributed by atoms with van der Waals surface area (Å²) in [5.41, 5.74) is 0.854. The third kappa shape index (κ3) is 2.80. The van der Waals surface area contributed by atoms with Gasteiger partial charge in [0.2, 0.25) is 0 Å². The van der Waals surface area contributed by atoms with Crippen molar-refractivity contribution in [1.29, 1.82) is 5.26 Å². The summed E-state index contributed by atoms with van der Waals surface area (Å²) in [6.07, 6.45) is 0. The second-order valence-electron chi connectivity index (χ2n) is 3.29. The fourth-order valence-corrected chi connectivity index (χ4v) is 1.60. The van der Waals surface area contributed by atoms with Crippen LogP contribution in [0.4, 0.5) is 0 Å². The largest absolute Gasteiger partial charge is 0.480 e. The fraction of sp³-hybridized carbons (Fsp3) is 0.273. The van der Waals surface area contributed by atoms with Crippen LogP contribution in [0.1, 0.15) is 18.4 Å². The molecule has 2 unspecified atom stereocenters. The zero-order valence-corrected chi connectivity index (χ0v) is 9.73. The molecule has 0 radical (unpaired) electrons. The van der Waals surface area contributed by atoms with Gasteiger partial charge in [0, 0.05) is 10.4 Å². The van der Waals surface area contributed by atoms with Crippen LogP contribution in [0.5, 0.6) is 0 Å². The Morgan fingerprint density at radius 3 is 2.40 bits per heavy atom. The molecule has 15 heavy (non-hydrogen) atoms. The van der Waals surface area contributed by atoms with E-state index < -0.39 is 11.9 Å². The molecule has 0 spiro atoms. The van der Waals surface area contributed by atoms with E-state index in [2.05, 4.69) is 15.9 Å². The molecule has 1 aromatic carbocycles. The fourth-order valence-electron chi connectivity index (χ4n) is 1.34. The van der Waals surface area contributed by atoms with Gasteiger partial charge in [-0.3, -0.25) is 4.79 Å². The molecule has 0 amide bonds. The van der Waals surface area contributed by atoms with Crippen LogP contribution in [-0.4, -0.2) is 11.1 Å². The van der Waals surface area contributed by atoms with Crippen molar-refractivity contribution < 1.29 is 9.90 Å². The molecule has 0 saturated heterocycles. The Bertz CT molecular complexity index is 394. The molecule has 2 atom stereocenters. The van der Waals surface area contributed by atoms with Crippen LogP contribution in [0.2, 0.25) is 0 Å². The number of carboxylic acids is 1. The van der Waals surface area contributed by atoms with E-state index in [9.17, 15) is 4.79 Å². The van der Waals surface area contributed by atoms with Crippen LogP contribution in [0.15, 0.2) is 28.7 Å². The number of aliphatic carboxylic acids is 1. The quantitative estimate of drug-likeness (QED) is 0.916. The molecule has 0 aliphatic carbocycles. The van der Waals surface area contributed by atoms with Crippen molar-refractivity contribution in [2.45, 2.75) is 12.8 Å². The Hall–Kier alpha value is -1.34. The summed E-state index contributed by atoms with van der Waals surface area (Å²) in [5, 5.41) is 17.6. The first-order valence-electron chi connectivity index (χ1n) is 4.44. The van der Waals surface area contributed by atoms with E-state index in [1.165, 1.54) is 0 Å². The average Bonchev–Trinajstić information content (AvgIpc) is 2.19. The van der Waals surface area contributed by atoms with E-state index in [4.69, 9.17) is 10.4 Å². The first-order valence-corrected chi connectivity index (χ1v) is 5.23. The van der Waals surface area contributed by atoms with Crippen molar-refractivity contribution in [1.82, 2.24) is 0 Å². The summed E-state index contributed by atoms with van der Waals surface area (Å²) in [4.78, 5) is 10.8. The van der Waals surface area contributed by atoms with Crippen molar-refractivity contribution in [2.24, 2.45) is 5.92 Å². The maximum Gasteiger partial charge on any atom is 0.321 e. The Balaban J connectivity index is 2.93. The van der Waals surface area contributed by atoms with Crippen LogP contribution in [-0.2, 0) is 4.79 Å². The molecule has 0 aliphatic rings. The summed E-state index contributed by atoms with van der Waals surface area (Å²) >= 11 is 3.30. The predicted molar refractivity (Wildman–Crippen MR) is 59.3 cm³/mol. The molecular weight excluding hydrogens is 258 g/mol.